The molecule has 0 radical (unpaired) electrons. The average Bonchev–Trinajstić information content (AvgIpc) is 3.75. The van der Waals surface area contributed by atoms with Crippen LogP contribution in [0.5, 0.6) is 57.5 Å². The lowest BCUT2D eigenvalue weighted by atomic mass is 9.84. The Kier molecular flexibility index (Phi) is 16.7. The van der Waals surface area contributed by atoms with Crippen LogP contribution in [-0.4, -0.2) is 136 Å². The number of aliphatic hydroxyl groups excluding tert-OH is 3. The topological polar surface area (TPSA) is 257 Å². The molecule has 0 unspecified atom stereocenters. The van der Waals surface area contributed by atoms with E-state index in [1.807, 2.05) is 0 Å². The van der Waals surface area contributed by atoms with Crippen LogP contribution in [0.4, 0.5) is 0 Å². The first-order valence-corrected chi connectivity index (χ1v) is 20.8. The van der Waals surface area contributed by atoms with Crippen LogP contribution in [0.2, 0.25) is 0 Å². The molecule has 8 atom stereocenters. The number of phenolic OH excluding ortho intramolecular Hbond substituents is 3. The van der Waals surface area contributed by atoms with E-state index < -0.39 is 55.4 Å². The van der Waals surface area contributed by atoms with Crippen LogP contribution < -0.4 is 33.2 Å². The van der Waals surface area contributed by atoms with Gasteiger partial charge in [-0.2, -0.15) is 0 Å². The number of methoxy groups -OCH3 is 6. The Hall–Kier alpha value is -6.90. The standard InChI is InChI=1S/C48H54O19/c1-57-33-16-25(7-11-31(33)50)9-13-40(52)63-24-39-47(66-41(53)14-10-26-8-12-32(51)34(17-26)58-2)43(55)44(56)48(65-39)67-46-37(61-5)18-27(19-38(46)62-6)15-29-23-64-45(30(29)22-49)28-20-35(59-3)42(54)36(21-28)60-4/h7-14,16-21,29-30,39,43-45,47-51,54-56H,15,22-24H2,1-6H3/b13-9+,14-10+/t29-,30-,39+,43+,44+,45+,47+,48-/m0/s1. The highest BCUT2D eigenvalue weighted by molar-refractivity contribution is 5.88. The summed E-state index contributed by atoms with van der Waals surface area (Å²) in [5.74, 6) is -1.81. The SMILES string of the molecule is COc1cc(/C=C/C(=O)OC[C@H]2O[C@@H](Oc3c(OC)cc(C[C@H]4CO[C@H](c5cc(OC)c(O)c(OC)c5)[C@H]4CO)cc3OC)[C@H](O)[C@@H](O)[C@@H]2OC(=O)/C=C/c2ccc(O)c(OC)c2)ccc1O. The zero-order valence-corrected chi connectivity index (χ0v) is 37.5. The predicted octanol–water partition coefficient (Wildman–Crippen LogP) is 4.10. The molecule has 0 bridgehead atoms. The zero-order chi connectivity index (χ0) is 48.4. The second-order valence-corrected chi connectivity index (χ2v) is 15.4. The van der Waals surface area contributed by atoms with Crippen molar-refractivity contribution in [2.75, 3.05) is 62.5 Å². The average molecular weight is 935 g/mol. The second kappa shape index (κ2) is 22.5. The minimum atomic E-state index is -1.86. The molecule has 2 aliphatic rings. The third-order valence-corrected chi connectivity index (χ3v) is 11.3. The van der Waals surface area contributed by atoms with Crippen molar-refractivity contribution in [2.45, 2.75) is 43.2 Å². The fourth-order valence-electron chi connectivity index (χ4n) is 7.78. The van der Waals surface area contributed by atoms with Crippen molar-refractivity contribution in [1.29, 1.82) is 0 Å². The maximum Gasteiger partial charge on any atom is 0.331 e. The summed E-state index contributed by atoms with van der Waals surface area (Å²) in [6.07, 6.45) is -3.67. The molecule has 0 aliphatic carbocycles. The van der Waals surface area contributed by atoms with E-state index in [9.17, 15) is 40.2 Å². The van der Waals surface area contributed by atoms with Gasteiger partial charge in [0, 0.05) is 24.7 Å². The lowest BCUT2D eigenvalue weighted by Gasteiger charge is -2.41. The predicted molar refractivity (Wildman–Crippen MR) is 237 cm³/mol. The van der Waals surface area contributed by atoms with Gasteiger partial charge in [0.15, 0.2) is 52.1 Å². The van der Waals surface area contributed by atoms with Crippen molar-refractivity contribution in [3.05, 3.63) is 95.1 Å². The van der Waals surface area contributed by atoms with Crippen LogP contribution in [0.3, 0.4) is 0 Å². The molecule has 19 heteroatoms. The van der Waals surface area contributed by atoms with E-state index in [2.05, 4.69) is 0 Å². The molecule has 2 fully saturated rings. The fraction of sp³-hybridized carbons (Fsp3) is 0.375. The number of aromatic hydroxyl groups is 3. The molecule has 6 rings (SSSR count). The van der Waals surface area contributed by atoms with E-state index in [0.29, 0.717) is 28.7 Å². The van der Waals surface area contributed by atoms with E-state index in [1.54, 1.807) is 24.3 Å². The lowest BCUT2D eigenvalue weighted by Crippen LogP contribution is -2.61. The molecule has 2 saturated heterocycles. The van der Waals surface area contributed by atoms with E-state index in [-0.39, 0.29) is 82.5 Å². The van der Waals surface area contributed by atoms with Gasteiger partial charge in [0.25, 0.3) is 0 Å². The first kappa shape index (κ1) is 49.5. The molecule has 0 amide bonds. The Bertz CT molecular complexity index is 2360. The Morgan fingerprint density at radius 1 is 0.687 bits per heavy atom. The van der Waals surface area contributed by atoms with Crippen molar-refractivity contribution >= 4 is 24.1 Å². The molecular weight excluding hydrogens is 881 g/mol. The summed E-state index contributed by atoms with van der Waals surface area (Å²) in [6.45, 7) is -0.559. The van der Waals surface area contributed by atoms with Crippen molar-refractivity contribution in [2.24, 2.45) is 11.8 Å². The van der Waals surface area contributed by atoms with Crippen molar-refractivity contribution in [1.82, 2.24) is 0 Å². The van der Waals surface area contributed by atoms with Crippen LogP contribution in [0, 0.1) is 11.8 Å². The number of hydrogen-bond donors (Lipinski definition) is 6. The van der Waals surface area contributed by atoms with E-state index in [1.165, 1.54) is 91.2 Å². The summed E-state index contributed by atoms with van der Waals surface area (Å²) < 4.78 is 61.9. The number of hydrogen-bond acceptors (Lipinski definition) is 19. The third kappa shape index (κ3) is 11.6. The Morgan fingerprint density at radius 3 is 1.75 bits per heavy atom. The number of rotatable bonds is 19. The molecular formula is C48H54O19. The van der Waals surface area contributed by atoms with Crippen LogP contribution in [0.1, 0.15) is 28.4 Å². The monoisotopic (exact) mass is 934 g/mol. The molecule has 0 aromatic heterocycles. The Morgan fingerprint density at radius 2 is 1.22 bits per heavy atom. The molecule has 67 heavy (non-hydrogen) atoms. The van der Waals surface area contributed by atoms with Crippen LogP contribution in [0.15, 0.2) is 72.8 Å². The quantitative estimate of drug-likeness (QED) is 0.0571. The summed E-state index contributed by atoms with van der Waals surface area (Å²) in [5.41, 5.74) is 2.30. The number of phenols is 3. The maximum absolute atomic E-state index is 13.2. The van der Waals surface area contributed by atoms with Crippen molar-refractivity contribution in [3.63, 3.8) is 0 Å². The molecule has 0 spiro atoms. The first-order chi connectivity index (χ1) is 32.2. The van der Waals surface area contributed by atoms with Gasteiger partial charge in [0.05, 0.1) is 55.4 Å². The molecule has 0 saturated carbocycles. The van der Waals surface area contributed by atoms with E-state index in [4.69, 9.17) is 52.1 Å². The maximum atomic E-state index is 13.2. The van der Waals surface area contributed by atoms with Gasteiger partial charge < -0.3 is 82.7 Å². The molecule has 2 heterocycles. The second-order valence-electron chi connectivity index (χ2n) is 15.4. The van der Waals surface area contributed by atoms with Gasteiger partial charge in [-0.15, -0.1) is 0 Å². The molecule has 19 nitrogen and oxygen atoms in total. The van der Waals surface area contributed by atoms with Gasteiger partial charge in [-0.25, -0.2) is 9.59 Å². The molecule has 360 valence electrons. The number of aliphatic hydroxyl groups is 3. The van der Waals surface area contributed by atoms with Crippen LogP contribution >= 0.6 is 0 Å². The van der Waals surface area contributed by atoms with E-state index in [0.717, 1.165) is 12.2 Å². The van der Waals surface area contributed by atoms with Gasteiger partial charge in [-0.05, 0) is 95.3 Å². The highest BCUT2D eigenvalue weighted by Gasteiger charge is 2.49. The minimum absolute atomic E-state index is 0.0294. The largest absolute Gasteiger partial charge is 0.504 e. The number of carbonyl (C=O) groups excluding carboxylic acids is 2. The summed E-state index contributed by atoms with van der Waals surface area (Å²) in [6, 6.07) is 15.4. The number of esters is 2. The van der Waals surface area contributed by atoms with Gasteiger partial charge in [0.2, 0.25) is 17.8 Å². The Labute approximate surface area is 385 Å². The van der Waals surface area contributed by atoms with Gasteiger partial charge in [-0.1, -0.05) is 12.1 Å². The van der Waals surface area contributed by atoms with Gasteiger partial charge >= 0.3 is 11.9 Å². The van der Waals surface area contributed by atoms with Crippen LogP contribution in [0.25, 0.3) is 12.2 Å². The summed E-state index contributed by atoms with van der Waals surface area (Å²) in [5, 5.41) is 63.8. The number of ether oxygens (including phenoxy) is 11. The lowest BCUT2D eigenvalue weighted by molar-refractivity contribution is -0.281. The third-order valence-electron chi connectivity index (χ3n) is 11.3. The molecule has 6 N–H and O–H groups in total. The van der Waals surface area contributed by atoms with E-state index >= 15 is 0 Å². The zero-order valence-electron chi connectivity index (χ0n) is 37.5. The van der Waals surface area contributed by atoms with Crippen LogP contribution in [-0.2, 0) is 35.0 Å². The van der Waals surface area contributed by atoms with Crippen molar-refractivity contribution in [3.8, 4) is 57.5 Å². The Balaban J connectivity index is 1.22. The summed E-state index contributed by atoms with van der Waals surface area (Å²) in [7, 11) is 8.35. The smallest absolute Gasteiger partial charge is 0.331 e. The first-order valence-electron chi connectivity index (χ1n) is 20.8. The minimum Gasteiger partial charge on any atom is -0.504 e. The van der Waals surface area contributed by atoms with Crippen molar-refractivity contribution < 1.29 is 92.3 Å². The molecule has 4 aromatic rings. The highest BCUT2D eigenvalue weighted by atomic mass is 16.7. The van der Waals surface area contributed by atoms with Gasteiger partial charge in [0.1, 0.15) is 24.9 Å². The fourth-order valence-corrected chi connectivity index (χ4v) is 7.78. The number of carbonyl (C=O) groups is 2. The summed E-state index contributed by atoms with van der Waals surface area (Å²) >= 11 is 0. The number of benzene rings is 4. The van der Waals surface area contributed by atoms with Gasteiger partial charge in [-0.3, -0.25) is 0 Å². The summed E-state index contributed by atoms with van der Waals surface area (Å²) in [4.78, 5) is 26.1. The molecule has 4 aromatic carbocycles. The highest BCUT2D eigenvalue weighted by Crippen LogP contribution is 2.47. The molecule has 2 aliphatic heterocycles. The normalized spacial score (nSPS) is 22.6.